The van der Waals surface area contributed by atoms with Crippen molar-refractivity contribution >= 4 is 52.3 Å². The number of hydrogen-bond donors (Lipinski definition) is 7. The Bertz CT molecular complexity index is 1190. The second-order valence-electron chi connectivity index (χ2n) is 9.78. The normalized spacial score (nSPS) is 14.9. The minimum atomic E-state index is -1.31. The zero-order valence-corrected chi connectivity index (χ0v) is 23.9. The lowest BCUT2D eigenvalue weighted by atomic mass is 9.99. The first-order valence-corrected chi connectivity index (χ1v) is 14.6. The van der Waals surface area contributed by atoms with Crippen LogP contribution in [0, 0.1) is 5.92 Å². The van der Waals surface area contributed by atoms with Crippen molar-refractivity contribution in [2.24, 2.45) is 17.4 Å². The molecule has 9 N–H and O–H groups in total. The second-order valence-corrected chi connectivity index (χ2v) is 10.8. The summed E-state index contributed by atoms with van der Waals surface area (Å²) in [5, 5.41) is 18.4. The minimum absolute atomic E-state index is 0.0124. The number of aromatic nitrogens is 1. The summed E-state index contributed by atoms with van der Waals surface area (Å²) in [6, 6.07) is 2.99. The molecule has 0 aliphatic rings. The van der Waals surface area contributed by atoms with Gasteiger partial charge in [0.1, 0.15) is 18.1 Å². The van der Waals surface area contributed by atoms with Gasteiger partial charge in [0.25, 0.3) is 0 Å². The molecule has 12 nitrogen and oxygen atoms in total. The van der Waals surface area contributed by atoms with Gasteiger partial charge in [-0.25, -0.2) is 4.79 Å². The molecule has 2 aromatic rings. The fourth-order valence-corrected chi connectivity index (χ4v) is 4.58. The summed E-state index contributed by atoms with van der Waals surface area (Å²) in [6.07, 6.45) is 4.10. The first kappa shape index (κ1) is 32.6. The van der Waals surface area contributed by atoms with Crippen molar-refractivity contribution in [2.75, 3.05) is 12.0 Å². The van der Waals surface area contributed by atoms with Crippen LogP contribution in [0.5, 0.6) is 0 Å². The number of primary amides is 1. The lowest BCUT2D eigenvalue weighted by molar-refractivity contribution is -0.142. The smallest absolute Gasteiger partial charge is 0.326 e. The molecule has 0 aliphatic carbocycles. The van der Waals surface area contributed by atoms with E-state index in [2.05, 4.69) is 20.9 Å². The van der Waals surface area contributed by atoms with Crippen molar-refractivity contribution in [3.05, 3.63) is 36.0 Å². The Kier molecular flexibility index (Phi) is 12.9. The van der Waals surface area contributed by atoms with E-state index < -0.39 is 53.8 Å². The van der Waals surface area contributed by atoms with Gasteiger partial charge in [-0.15, -0.1) is 0 Å². The largest absolute Gasteiger partial charge is 0.480 e. The Morgan fingerprint density at radius 1 is 0.975 bits per heavy atom. The van der Waals surface area contributed by atoms with Gasteiger partial charge >= 0.3 is 5.97 Å². The van der Waals surface area contributed by atoms with Crippen LogP contribution in [-0.2, 0) is 30.4 Å². The molecule has 4 amide bonds. The van der Waals surface area contributed by atoms with Gasteiger partial charge in [0.2, 0.25) is 23.6 Å². The molecule has 40 heavy (non-hydrogen) atoms. The highest BCUT2D eigenvalue weighted by molar-refractivity contribution is 7.98. The van der Waals surface area contributed by atoms with Crippen molar-refractivity contribution < 1.29 is 29.1 Å². The number of hydrogen-bond acceptors (Lipinski definition) is 7. The van der Waals surface area contributed by atoms with Crippen LogP contribution in [0.3, 0.4) is 0 Å². The summed E-state index contributed by atoms with van der Waals surface area (Å²) in [7, 11) is 0. The van der Waals surface area contributed by atoms with E-state index in [0.717, 1.165) is 10.9 Å². The van der Waals surface area contributed by atoms with Gasteiger partial charge in [0, 0.05) is 29.9 Å². The molecule has 0 spiro atoms. The monoisotopic (exact) mass is 576 g/mol. The van der Waals surface area contributed by atoms with Crippen LogP contribution in [0.1, 0.15) is 45.1 Å². The summed E-state index contributed by atoms with van der Waals surface area (Å²) >= 11 is 1.48. The number of para-hydroxylation sites is 1. The standard InChI is InChI=1S/C27H40N6O6S/c1-4-15(2)23(29)26(37)32-20(11-12-40-3)25(36)31-19(9-10-22(28)34)24(35)33-21(27(38)39)13-16-14-30-18-8-6-5-7-17(16)18/h5-8,14-15,19-21,23,30H,4,9-13,29H2,1-3H3,(H2,28,34)(H,31,36)(H,32,37)(H,33,35)(H,38,39). The SMILES string of the molecule is CCC(C)C(N)C(=O)NC(CCSC)C(=O)NC(CCC(N)=O)C(=O)NC(Cc1c[nH]c2ccccc12)C(=O)O. The number of nitrogens with one attached hydrogen (secondary N) is 4. The maximum absolute atomic E-state index is 13.2. The number of benzene rings is 1. The van der Waals surface area contributed by atoms with Gasteiger partial charge in [0.15, 0.2) is 0 Å². The number of aromatic amines is 1. The number of carbonyl (C=O) groups is 5. The molecule has 1 aromatic carbocycles. The van der Waals surface area contributed by atoms with Gasteiger partial charge < -0.3 is 37.5 Å². The van der Waals surface area contributed by atoms with Crippen molar-refractivity contribution in [2.45, 2.75) is 70.1 Å². The maximum atomic E-state index is 13.2. The average molecular weight is 577 g/mol. The van der Waals surface area contributed by atoms with Crippen LogP contribution in [0.2, 0.25) is 0 Å². The summed E-state index contributed by atoms with van der Waals surface area (Å²) in [4.78, 5) is 65.8. The van der Waals surface area contributed by atoms with Gasteiger partial charge in [-0.05, 0) is 42.4 Å². The Balaban J connectivity index is 2.20. The molecular weight excluding hydrogens is 536 g/mol. The Morgan fingerprint density at radius 2 is 1.57 bits per heavy atom. The predicted molar refractivity (Wildman–Crippen MR) is 154 cm³/mol. The van der Waals surface area contributed by atoms with Crippen LogP contribution in [0.15, 0.2) is 30.5 Å². The van der Waals surface area contributed by atoms with E-state index in [1.54, 1.807) is 6.20 Å². The molecule has 0 saturated carbocycles. The van der Waals surface area contributed by atoms with Crippen molar-refractivity contribution in [3.8, 4) is 0 Å². The summed E-state index contributed by atoms with van der Waals surface area (Å²) in [6.45, 7) is 3.74. The second kappa shape index (κ2) is 15.9. The highest BCUT2D eigenvalue weighted by atomic mass is 32.2. The summed E-state index contributed by atoms with van der Waals surface area (Å²) in [5.74, 6) is -3.43. The number of carboxylic acids is 1. The summed E-state index contributed by atoms with van der Waals surface area (Å²) < 4.78 is 0. The van der Waals surface area contributed by atoms with Crippen molar-refractivity contribution in [3.63, 3.8) is 0 Å². The molecule has 0 radical (unpaired) electrons. The Morgan fingerprint density at radius 3 is 2.17 bits per heavy atom. The fraction of sp³-hybridized carbons (Fsp3) is 0.519. The van der Waals surface area contributed by atoms with Crippen LogP contribution < -0.4 is 27.4 Å². The van der Waals surface area contributed by atoms with Gasteiger partial charge in [-0.1, -0.05) is 38.5 Å². The number of amides is 4. The number of carbonyl (C=O) groups excluding carboxylic acids is 4. The number of carboxylic acid groups (broad SMARTS) is 1. The number of fused-ring (bicyclic) bond motifs is 1. The molecule has 1 aromatic heterocycles. The van der Waals surface area contributed by atoms with Gasteiger partial charge in [-0.2, -0.15) is 11.8 Å². The molecule has 0 aliphatic heterocycles. The molecular formula is C27H40N6O6S. The third-order valence-electron chi connectivity index (χ3n) is 6.83. The predicted octanol–water partition coefficient (Wildman–Crippen LogP) is 0.641. The first-order chi connectivity index (χ1) is 19.0. The van der Waals surface area contributed by atoms with E-state index in [4.69, 9.17) is 11.5 Å². The molecule has 220 valence electrons. The van der Waals surface area contributed by atoms with E-state index in [0.29, 0.717) is 17.7 Å². The molecule has 1 heterocycles. The highest BCUT2D eigenvalue weighted by Crippen LogP contribution is 2.19. The molecule has 13 heteroatoms. The van der Waals surface area contributed by atoms with Gasteiger partial charge in [0.05, 0.1) is 6.04 Å². The fourth-order valence-electron chi connectivity index (χ4n) is 4.11. The van der Waals surface area contributed by atoms with Crippen LogP contribution >= 0.6 is 11.8 Å². The quantitative estimate of drug-likeness (QED) is 0.142. The molecule has 5 atom stereocenters. The molecule has 0 saturated heterocycles. The van der Waals surface area contributed by atoms with Crippen molar-refractivity contribution in [1.82, 2.24) is 20.9 Å². The average Bonchev–Trinajstić information content (AvgIpc) is 3.34. The van der Waals surface area contributed by atoms with Crippen molar-refractivity contribution in [1.29, 1.82) is 0 Å². The highest BCUT2D eigenvalue weighted by Gasteiger charge is 2.31. The lowest BCUT2D eigenvalue weighted by Crippen LogP contribution is -2.58. The van der Waals surface area contributed by atoms with Crippen LogP contribution in [-0.4, -0.2) is 75.9 Å². The van der Waals surface area contributed by atoms with Gasteiger partial charge in [-0.3, -0.25) is 19.2 Å². The Labute approximate surface area is 237 Å². The van der Waals surface area contributed by atoms with E-state index in [1.165, 1.54) is 11.8 Å². The van der Waals surface area contributed by atoms with Crippen LogP contribution in [0.4, 0.5) is 0 Å². The van der Waals surface area contributed by atoms with E-state index in [9.17, 15) is 29.1 Å². The summed E-state index contributed by atoms with van der Waals surface area (Å²) in [5.41, 5.74) is 12.8. The Hall–Kier alpha value is -3.58. The van der Waals surface area contributed by atoms with E-state index in [1.807, 2.05) is 44.4 Å². The minimum Gasteiger partial charge on any atom is -0.480 e. The number of thioether (sulfide) groups is 1. The van der Waals surface area contributed by atoms with Crippen LogP contribution in [0.25, 0.3) is 10.9 Å². The third-order valence-corrected chi connectivity index (χ3v) is 7.47. The maximum Gasteiger partial charge on any atom is 0.326 e. The molecule has 5 unspecified atom stereocenters. The zero-order valence-electron chi connectivity index (χ0n) is 23.1. The number of nitrogens with two attached hydrogens (primary N) is 2. The number of aliphatic carboxylic acids is 1. The number of H-pyrrole nitrogens is 1. The van der Waals surface area contributed by atoms with E-state index in [-0.39, 0.29) is 31.6 Å². The zero-order chi connectivity index (χ0) is 29.8. The third kappa shape index (κ3) is 9.56. The first-order valence-electron chi connectivity index (χ1n) is 13.2. The molecule has 0 bridgehead atoms. The molecule has 2 rings (SSSR count). The lowest BCUT2D eigenvalue weighted by Gasteiger charge is -2.26. The topological polar surface area (TPSA) is 209 Å². The van der Waals surface area contributed by atoms with E-state index >= 15 is 0 Å². The molecule has 0 fully saturated rings. The number of rotatable bonds is 17.